The van der Waals surface area contributed by atoms with E-state index in [-0.39, 0.29) is 0 Å². The van der Waals surface area contributed by atoms with Crippen LogP contribution in [0.1, 0.15) is 5.69 Å². The van der Waals surface area contributed by atoms with Gasteiger partial charge in [-0.3, -0.25) is 4.68 Å². The van der Waals surface area contributed by atoms with Gasteiger partial charge in [0, 0.05) is 33.2 Å². The first-order valence-electron chi connectivity index (χ1n) is 5.52. The Bertz CT molecular complexity index is 434. The van der Waals surface area contributed by atoms with Gasteiger partial charge in [-0.15, -0.1) is 0 Å². The molecule has 0 bridgehead atoms. The summed E-state index contributed by atoms with van der Waals surface area (Å²) in [6, 6.07) is 0. The van der Waals surface area contributed by atoms with E-state index >= 15 is 0 Å². The molecule has 1 aromatic rings. The molecule has 1 fully saturated rings. The molecule has 1 saturated heterocycles. The summed E-state index contributed by atoms with van der Waals surface area (Å²) in [6.07, 6.45) is -0.866. The third-order valence-corrected chi connectivity index (χ3v) is 3.21. The summed E-state index contributed by atoms with van der Waals surface area (Å²) in [6.45, 7) is 4.16. The number of rotatable bonds is 1. The Morgan fingerprint density at radius 3 is 2.35 bits per heavy atom. The predicted octanol–water partition coefficient (Wildman–Crippen LogP) is 0.111. The van der Waals surface area contributed by atoms with Crippen LogP contribution in [0.15, 0.2) is 0 Å². The van der Waals surface area contributed by atoms with Crippen molar-refractivity contribution < 1.29 is 9.90 Å². The monoisotopic (exact) mass is 239 g/mol. The van der Waals surface area contributed by atoms with Crippen molar-refractivity contribution in [1.29, 1.82) is 0 Å². The fourth-order valence-corrected chi connectivity index (χ4v) is 1.95. The van der Waals surface area contributed by atoms with Crippen molar-refractivity contribution in [1.82, 2.24) is 14.7 Å². The number of hydrogen-bond acceptors (Lipinski definition) is 4. The highest BCUT2D eigenvalue weighted by atomic mass is 16.4. The topological polar surface area (TPSA) is 87.6 Å². The van der Waals surface area contributed by atoms with Crippen molar-refractivity contribution in [2.75, 3.05) is 36.8 Å². The highest BCUT2D eigenvalue weighted by Crippen LogP contribution is 2.25. The molecule has 94 valence electrons. The lowest BCUT2D eigenvalue weighted by Crippen LogP contribution is -2.48. The molecule has 0 radical (unpaired) electrons. The average Bonchev–Trinajstić information content (AvgIpc) is 2.57. The third kappa shape index (κ3) is 2.00. The van der Waals surface area contributed by atoms with Crippen LogP contribution >= 0.6 is 0 Å². The zero-order valence-corrected chi connectivity index (χ0v) is 10.1. The molecule has 7 heteroatoms. The Kier molecular flexibility index (Phi) is 2.83. The first kappa shape index (κ1) is 11.6. The van der Waals surface area contributed by atoms with Crippen molar-refractivity contribution in [2.24, 2.45) is 7.05 Å². The third-order valence-electron chi connectivity index (χ3n) is 3.21. The summed E-state index contributed by atoms with van der Waals surface area (Å²) in [5, 5.41) is 13.2. The van der Waals surface area contributed by atoms with Crippen molar-refractivity contribution in [3.63, 3.8) is 0 Å². The second kappa shape index (κ2) is 4.15. The number of piperazine rings is 1. The molecule has 0 atom stereocenters. The van der Waals surface area contributed by atoms with E-state index < -0.39 is 6.09 Å². The minimum absolute atomic E-state index is 0.490. The number of nitrogens with two attached hydrogens (primary N) is 1. The van der Waals surface area contributed by atoms with Gasteiger partial charge in [-0.25, -0.2) is 4.79 Å². The van der Waals surface area contributed by atoms with Crippen LogP contribution < -0.4 is 10.6 Å². The maximum Gasteiger partial charge on any atom is 0.407 e. The molecular weight excluding hydrogens is 222 g/mol. The van der Waals surface area contributed by atoms with E-state index in [0.29, 0.717) is 31.9 Å². The Morgan fingerprint density at radius 1 is 1.35 bits per heavy atom. The Labute approximate surface area is 99.4 Å². The van der Waals surface area contributed by atoms with Crippen LogP contribution in [0.3, 0.4) is 0 Å². The van der Waals surface area contributed by atoms with E-state index in [1.165, 1.54) is 4.90 Å². The minimum Gasteiger partial charge on any atom is -0.465 e. The highest BCUT2D eigenvalue weighted by molar-refractivity contribution is 5.68. The number of aromatic nitrogens is 2. The quantitative estimate of drug-likeness (QED) is 0.726. The van der Waals surface area contributed by atoms with Gasteiger partial charge in [-0.1, -0.05) is 0 Å². The number of carboxylic acid groups (broad SMARTS) is 1. The number of carbonyl (C=O) groups is 1. The number of aryl methyl sites for hydroxylation is 1. The van der Waals surface area contributed by atoms with Crippen LogP contribution in [0.5, 0.6) is 0 Å². The molecule has 2 rings (SSSR count). The molecule has 17 heavy (non-hydrogen) atoms. The molecule has 2 heterocycles. The van der Waals surface area contributed by atoms with Crippen LogP contribution in [0.25, 0.3) is 0 Å². The highest BCUT2D eigenvalue weighted by Gasteiger charge is 2.24. The molecule has 0 saturated carbocycles. The van der Waals surface area contributed by atoms with Crippen molar-refractivity contribution >= 4 is 17.6 Å². The van der Waals surface area contributed by atoms with Gasteiger partial charge >= 0.3 is 6.09 Å². The lowest BCUT2D eigenvalue weighted by molar-refractivity contribution is 0.142. The maximum atomic E-state index is 10.8. The van der Waals surface area contributed by atoms with Crippen LogP contribution in [0, 0.1) is 6.92 Å². The molecular formula is C10H17N5O2. The first-order valence-corrected chi connectivity index (χ1v) is 5.52. The van der Waals surface area contributed by atoms with E-state index in [0.717, 1.165) is 11.5 Å². The number of anilines is 2. The Morgan fingerprint density at radius 2 is 1.94 bits per heavy atom. The van der Waals surface area contributed by atoms with Crippen LogP contribution in [-0.2, 0) is 7.05 Å². The van der Waals surface area contributed by atoms with E-state index in [1.807, 2.05) is 18.9 Å². The van der Waals surface area contributed by atoms with Gasteiger partial charge in [-0.05, 0) is 6.92 Å². The number of nitrogen functional groups attached to an aromatic ring is 1. The maximum absolute atomic E-state index is 10.8. The van der Waals surface area contributed by atoms with Gasteiger partial charge in [0.2, 0.25) is 0 Å². The summed E-state index contributed by atoms with van der Waals surface area (Å²) in [5.41, 5.74) is 7.58. The SMILES string of the molecule is Cc1c(N)c(N2CCN(C(=O)O)CC2)nn1C. The fraction of sp³-hybridized carbons (Fsp3) is 0.600. The van der Waals surface area contributed by atoms with E-state index in [9.17, 15) is 4.79 Å². The summed E-state index contributed by atoms with van der Waals surface area (Å²) in [4.78, 5) is 14.2. The largest absolute Gasteiger partial charge is 0.465 e. The molecule has 0 aromatic carbocycles. The summed E-state index contributed by atoms with van der Waals surface area (Å²) in [5.74, 6) is 0.759. The van der Waals surface area contributed by atoms with E-state index in [2.05, 4.69) is 5.10 Å². The molecule has 1 aromatic heterocycles. The van der Waals surface area contributed by atoms with Crippen molar-refractivity contribution in [3.8, 4) is 0 Å². The first-order chi connectivity index (χ1) is 8.00. The second-order valence-electron chi connectivity index (χ2n) is 4.20. The molecule has 1 amide bonds. The normalized spacial score (nSPS) is 16.4. The smallest absolute Gasteiger partial charge is 0.407 e. The Hall–Kier alpha value is -1.92. The fourth-order valence-electron chi connectivity index (χ4n) is 1.95. The van der Waals surface area contributed by atoms with E-state index in [1.54, 1.807) is 4.68 Å². The zero-order chi connectivity index (χ0) is 12.6. The average molecular weight is 239 g/mol. The van der Waals surface area contributed by atoms with Gasteiger partial charge in [0.15, 0.2) is 5.82 Å². The summed E-state index contributed by atoms with van der Waals surface area (Å²) in [7, 11) is 1.85. The van der Waals surface area contributed by atoms with Gasteiger partial charge in [-0.2, -0.15) is 5.10 Å². The lowest BCUT2D eigenvalue weighted by Gasteiger charge is -2.33. The van der Waals surface area contributed by atoms with Gasteiger partial charge in [0.1, 0.15) is 0 Å². The van der Waals surface area contributed by atoms with Gasteiger partial charge in [0.05, 0.1) is 11.4 Å². The predicted molar refractivity (Wildman–Crippen MR) is 64.2 cm³/mol. The van der Waals surface area contributed by atoms with E-state index in [4.69, 9.17) is 10.8 Å². The number of amides is 1. The molecule has 1 aliphatic heterocycles. The van der Waals surface area contributed by atoms with Gasteiger partial charge < -0.3 is 20.6 Å². The number of nitrogens with zero attached hydrogens (tertiary/aromatic N) is 4. The second-order valence-corrected chi connectivity index (χ2v) is 4.20. The molecule has 0 unspecified atom stereocenters. The molecule has 0 aliphatic carbocycles. The molecule has 1 aliphatic rings. The standard InChI is InChI=1S/C10H17N5O2/c1-7-8(11)9(12-13(7)2)14-3-5-15(6-4-14)10(16)17/h3-6,11H2,1-2H3,(H,16,17). The van der Waals surface area contributed by atoms with Gasteiger partial charge in [0.25, 0.3) is 0 Å². The van der Waals surface area contributed by atoms with Crippen molar-refractivity contribution in [2.45, 2.75) is 6.92 Å². The minimum atomic E-state index is -0.866. The van der Waals surface area contributed by atoms with Crippen LogP contribution in [0.4, 0.5) is 16.3 Å². The molecule has 0 spiro atoms. The Balaban J connectivity index is 2.10. The van der Waals surface area contributed by atoms with Crippen LogP contribution in [-0.4, -0.2) is 52.1 Å². The van der Waals surface area contributed by atoms with Crippen LogP contribution in [0.2, 0.25) is 0 Å². The lowest BCUT2D eigenvalue weighted by atomic mass is 10.3. The number of hydrogen-bond donors (Lipinski definition) is 2. The summed E-state index contributed by atoms with van der Waals surface area (Å²) < 4.78 is 1.74. The van der Waals surface area contributed by atoms with Crippen molar-refractivity contribution in [3.05, 3.63) is 5.69 Å². The molecule has 3 N–H and O–H groups in total. The zero-order valence-electron chi connectivity index (χ0n) is 10.1. The molecule has 7 nitrogen and oxygen atoms in total. The summed E-state index contributed by atoms with van der Waals surface area (Å²) >= 11 is 0.